The van der Waals surface area contributed by atoms with Crippen molar-refractivity contribution in [2.45, 2.75) is 30.7 Å². The molecule has 0 aromatic heterocycles. The van der Waals surface area contributed by atoms with Crippen molar-refractivity contribution in [3.8, 4) is 0 Å². The molecule has 0 saturated carbocycles. The van der Waals surface area contributed by atoms with E-state index in [0.717, 1.165) is 30.7 Å². The van der Waals surface area contributed by atoms with Crippen LogP contribution in [0.15, 0.2) is 59.5 Å². The molecule has 1 heterocycles. The van der Waals surface area contributed by atoms with Gasteiger partial charge in [0.1, 0.15) is 0 Å². The molecule has 26 heavy (non-hydrogen) atoms. The van der Waals surface area contributed by atoms with Crippen molar-refractivity contribution >= 4 is 23.6 Å². The lowest BCUT2D eigenvalue weighted by Crippen LogP contribution is -2.26. The summed E-state index contributed by atoms with van der Waals surface area (Å²) in [6.45, 7) is 2.06. The Morgan fingerprint density at radius 1 is 1.12 bits per heavy atom. The number of carbonyl (C=O) groups is 2. The van der Waals surface area contributed by atoms with Crippen molar-refractivity contribution < 1.29 is 9.59 Å². The van der Waals surface area contributed by atoms with Crippen LogP contribution in [0.4, 0.5) is 0 Å². The van der Waals surface area contributed by atoms with Gasteiger partial charge < -0.3 is 10.2 Å². The first-order chi connectivity index (χ1) is 12.7. The zero-order valence-electron chi connectivity index (χ0n) is 14.8. The summed E-state index contributed by atoms with van der Waals surface area (Å²) in [6.07, 6.45) is 2.49. The number of nitrogens with zero attached hydrogens (tertiary/aromatic N) is 1. The van der Waals surface area contributed by atoms with Crippen LogP contribution in [0.3, 0.4) is 0 Å². The standard InChI is InChI=1S/C21H24N2O2S/c24-20-11-5-13-23(20)16-17-7-4-8-18(15-17)21(25)22-12-6-14-26-19-9-2-1-3-10-19/h1-4,7-10,15H,5-6,11-14,16H2,(H,22,25). The fourth-order valence-electron chi connectivity index (χ4n) is 2.99. The number of benzene rings is 2. The van der Waals surface area contributed by atoms with Crippen molar-refractivity contribution in [3.63, 3.8) is 0 Å². The highest BCUT2D eigenvalue weighted by Gasteiger charge is 2.20. The Bertz CT molecular complexity index is 749. The second-order valence-corrected chi connectivity index (χ2v) is 7.56. The number of amides is 2. The van der Waals surface area contributed by atoms with Crippen molar-refractivity contribution in [1.29, 1.82) is 0 Å². The van der Waals surface area contributed by atoms with E-state index in [9.17, 15) is 9.59 Å². The van der Waals surface area contributed by atoms with Crippen molar-refractivity contribution in [1.82, 2.24) is 10.2 Å². The number of hydrogen-bond acceptors (Lipinski definition) is 3. The maximum Gasteiger partial charge on any atom is 0.251 e. The Kier molecular flexibility index (Phi) is 6.72. The molecule has 2 aromatic carbocycles. The van der Waals surface area contributed by atoms with Crippen molar-refractivity contribution in [2.75, 3.05) is 18.8 Å². The first-order valence-electron chi connectivity index (χ1n) is 9.05. The van der Waals surface area contributed by atoms with E-state index in [-0.39, 0.29) is 11.8 Å². The van der Waals surface area contributed by atoms with E-state index < -0.39 is 0 Å². The molecule has 1 fully saturated rings. The molecule has 0 unspecified atom stereocenters. The molecule has 0 radical (unpaired) electrons. The van der Waals surface area contributed by atoms with Crippen LogP contribution in [0.1, 0.15) is 35.2 Å². The molecule has 2 amide bonds. The lowest BCUT2D eigenvalue weighted by molar-refractivity contribution is -0.128. The highest BCUT2D eigenvalue weighted by Crippen LogP contribution is 2.17. The summed E-state index contributed by atoms with van der Waals surface area (Å²) in [5.41, 5.74) is 1.66. The van der Waals surface area contributed by atoms with Crippen LogP contribution >= 0.6 is 11.8 Å². The molecule has 4 nitrogen and oxygen atoms in total. The third-order valence-corrected chi connectivity index (χ3v) is 5.45. The molecule has 0 atom stereocenters. The molecule has 1 saturated heterocycles. The van der Waals surface area contributed by atoms with Crippen LogP contribution in [0, 0.1) is 0 Å². The Morgan fingerprint density at radius 3 is 2.73 bits per heavy atom. The third kappa shape index (κ3) is 5.36. The van der Waals surface area contributed by atoms with Crippen LogP contribution in [0.25, 0.3) is 0 Å². The number of hydrogen-bond donors (Lipinski definition) is 1. The van der Waals surface area contributed by atoms with E-state index in [1.807, 2.05) is 47.4 Å². The predicted molar refractivity (Wildman–Crippen MR) is 105 cm³/mol. The number of nitrogens with one attached hydrogen (secondary N) is 1. The number of thioether (sulfide) groups is 1. The smallest absolute Gasteiger partial charge is 0.251 e. The molecule has 1 N–H and O–H groups in total. The quantitative estimate of drug-likeness (QED) is 0.571. The van der Waals surface area contributed by atoms with Crippen LogP contribution < -0.4 is 5.32 Å². The average Bonchev–Trinajstić information content (AvgIpc) is 3.07. The van der Waals surface area contributed by atoms with Gasteiger partial charge in [0, 0.05) is 36.5 Å². The first-order valence-corrected chi connectivity index (χ1v) is 10.0. The van der Waals surface area contributed by atoms with Gasteiger partial charge in [-0.25, -0.2) is 0 Å². The summed E-state index contributed by atoms with van der Waals surface area (Å²) in [7, 11) is 0. The molecule has 3 rings (SSSR count). The summed E-state index contributed by atoms with van der Waals surface area (Å²) < 4.78 is 0. The average molecular weight is 369 g/mol. The monoisotopic (exact) mass is 368 g/mol. The SMILES string of the molecule is O=C(NCCCSc1ccccc1)c1cccc(CN2CCCC2=O)c1. The second kappa shape index (κ2) is 9.43. The number of carbonyl (C=O) groups excluding carboxylic acids is 2. The highest BCUT2D eigenvalue weighted by molar-refractivity contribution is 7.99. The van der Waals surface area contributed by atoms with Gasteiger partial charge in [-0.15, -0.1) is 11.8 Å². The molecule has 5 heteroatoms. The van der Waals surface area contributed by atoms with Gasteiger partial charge in [0.25, 0.3) is 5.91 Å². The van der Waals surface area contributed by atoms with Crippen LogP contribution in [0.5, 0.6) is 0 Å². The zero-order chi connectivity index (χ0) is 18.2. The van der Waals surface area contributed by atoms with Gasteiger partial charge in [-0.1, -0.05) is 30.3 Å². The molecular weight excluding hydrogens is 344 g/mol. The van der Waals surface area contributed by atoms with Gasteiger partial charge in [-0.3, -0.25) is 9.59 Å². The highest BCUT2D eigenvalue weighted by atomic mass is 32.2. The predicted octanol–water partition coefficient (Wildman–Crippen LogP) is 3.72. The lowest BCUT2D eigenvalue weighted by Gasteiger charge is -2.16. The van der Waals surface area contributed by atoms with Gasteiger partial charge in [-0.05, 0) is 48.4 Å². The summed E-state index contributed by atoms with van der Waals surface area (Å²) in [4.78, 5) is 27.2. The van der Waals surface area contributed by atoms with E-state index >= 15 is 0 Å². The molecule has 1 aliphatic heterocycles. The van der Waals surface area contributed by atoms with Gasteiger partial charge >= 0.3 is 0 Å². The summed E-state index contributed by atoms with van der Waals surface area (Å²) in [5, 5.41) is 2.98. The third-order valence-electron chi connectivity index (χ3n) is 4.35. The molecule has 0 aliphatic carbocycles. The van der Waals surface area contributed by atoms with E-state index in [1.165, 1.54) is 4.90 Å². The van der Waals surface area contributed by atoms with Crippen molar-refractivity contribution in [2.24, 2.45) is 0 Å². The Labute approximate surface area is 159 Å². The van der Waals surface area contributed by atoms with Crippen LogP contribution in [0.2, 0.25) is 0 Å². The second-order valence-electron chi connectivity index (χ2n) is 6.39. The van der Waals surface area contributed by atoms with Crippen LogP contribution in [-0.4, -0.2) is 35.6 Å². The number of rotatable bonds is 8. The van der Waals surface area contributed by atoms with Gasteiger partial charge in [0.15, 0.2) is 0 Å². The molecular formula is C21H24N2O2S. The Morgan fingerprint density at radius 2 is 1.96 bits per heavy atom. The van der Waals surface area contributed by atoms with E-state index in [1.54, 1.807) is 11.8 Å². The van der Waals surface area contributed by atoms with E-state index in [0.29, 0.717) is 25.1 Å². The molecule has 0 spiro atoms. The Hall–Kier alpha value is -2.27. The minimum atomic E-state index is -0.0516. The zero-order valence-corrected chi connectivity index (χ0v) is 15.6. The minimum absolute atomic E-state index is 0.0516. The van der Waals surface area contributed by atoms with Crippen molar-refractivity contribution in [3.05, 3.63) is 65.7 Å². The maximum atomic E-state index is 12.3. The fraction of sp³-hybridized carbons (Fsp3) is 0.333. The van der Waals surface area contributed by atoms with Crippen LogP contribution in [-0.2, 0) is 11.3 Å². The minimum Gasteiger partial charge on any atom is -0.352 e. The molecule has 1 aliphatic rings. The topological polar surface area (TPSA) is 49.4 Å². The normalized spacial score (nSPS) is 13.8. The van der Waals surface area contributed by atoms with Gasteiger partial charge in [0.05, 0.1) is 0 Å². The summed E-state index contributed by atoms with van der Waals surface area (Å²) >= 11 is 1.80. The van der Waals surface area contributed by atoms with E-state index in [4.69, 9.17) is 0 Å². The molecule has 2 aromatic rings. The Balaban J connectivity index is 1.42. The molecule has 136 valence electrons. The largest absolute Gasteiger partial charge is 0.352 e. The van der Waals surface area contributed by atoms with Gasteiger partial charge in [-0.2, -0.15) is 0 Å². The van der Waals surface area contributed by atoms with E-state index in [2.05, 4.69) is 17.4 Å². The summed E-state index contributed by atoms with van der Waals surface area (Å²) in [5.74, 6) is 1.13. The molecule has 0 bridgehead atoms. The fourth-order valence-corrected chi connectivity index (χ4v) is 3.86. The van der Waals surface area contributed by atoms with Gasteiger partial charge in [0.2, 0.25) is 5.91 Å². The lowest BCUT2D eigenvalue weighted by atomic mass is 10.1. The summed E-state index contributed by atoms with van der Waals surface area (Å²) in [6, 6.07) is 17.8. The maximum absolute atomic E-state index is 12.3. The number of likely N-dealkylation sites (tertiary alicyclic amines) is 1. The first kappa shape index (κ1) is 18.5.